The minimum Gasteiger partial charge on any atom is -0.382 e. The highest BCUT2D eigenvalue weighted by molar-refractivity contribution is 5.85. The zero-order chi connectivity index (χ0) is 7.40. The summed E-state index contributed by atoms with van der Waals surface area (Å²) in [7, 11) is 1.63. The Kier molecular flexibility index (Phi) is 2.83. The molecule has 0 spiro atoms. The van der Waals surface area contributed by atoms with Gasteiger partial charge in [0.1, 0.15) is 5.78 Å². The number of hydrogen-bond acceptors (Lipinski definition) is 3. The van der Waals surface area contributed by atoms with Crippen LogP contribution in [0.3, 0.4) is 0 Å². The first kappa shape index (κ1) is 7.69. The summed E-state index contributed by atoms with van der Waals surface area (Å²) < 4.78 is 10.0. The van der Waals surface area contributed by atoms with Gasteiger partial charge in [0, 0.05) is 20.0 Å². The normalized spacial score (nSPS) is 19.1. The average Bonchev–Trinajstić information content (AvgIpc) is 1.85. The minimum absolute atomic E-state index is 0.183. The van der Waals surface area contributed by atoms with Crippen LogP contribution < -0.4 is 0 Å². The Morgan fingerprint density at radius 2 is 2.20 bits per heavy atom. The van der Waals surface area contributed by atoms with Crippen molar-refractivity contribution >= 4 is 5.78 Å². The molecule has 10 heavy (non-hydrogen) atoms. The van der Waals surface area contributed by atoms with Gasteiger partial charge in [-0.15, -0.1) is 0 Å². The number of Topliss-reactive ketones (excluding diaryl/α,β-unsaturated/α-hetero) is 1. The van der Waals surface area contributed by atoms with E-state index in [2.05, 4.69) is 0 Å². The van der Waals surface area contributed by atoms with Crippen molar-refractivity contribution in [2.45, 2.75) is 18.9 Å². The smallest absolute Gasteiger partial charge is 0.138 e. The summed E-state index contributed by atoms with van der Waals surface area (Å²) >= 11 is 0. The standard InChI is InChI=1S/C7H12O3/c1-9-2-3-10-7-4-6(8)5-7/h7H,2-5H2,1H3. The van der Waals surface area contributed by atoms with E-state index in [1.54, 1.807) is 7.11 Å². The molecule has 3 heteroatoms. The van der Waals surface area contributed by atoms with Gasteiger partial charge in [-0.05, 0) is 0 Å². The van der Waals surface area contributed by atoms with Crippen molar-refractivity contribution < 1.29 is 14.3 Å². The largest absolute Gasteiger partial charge is 0.382 e. The van der Waals surface area contributed by atoms with E-state index in [0.29, 0.717) is 31.8 Å². The van der Waals surface area contributed by atoms with E-state index in [4.69, 9.17) is 9.47 Å². The van der Waals surface area contributed by atoms with E-state index < -0.39 is 0 Å². The first-order chi connectivity index (χ1) is 4.83. The number of ether oxygens (including phenoxy) is 2. The van der Waals surface area contributed by atoms with Crippen LogP contribution in [0.2, 0.25) is 0 Å². The van der Waals surface area contributed by atoms with Gasteiger partial charge in [-0.1, -0.05) is 0 Å². The maximum atomic E-state index is 10.4. The molecule has 0 aromatic heterocycles. The van der Waals surface area contributed by atoms with Crippen LogP contribution in [0.1, 0.15) is 12.8 Å². The van der Waals surface area contributed by atoms with Crippen molar-refractivity contribution in [3.63, 3.8) is 0 Å². The average molecular weight is 144 g/mol. The molecule has 0 saturated heterocycles. The fourth-order valence-electron chi connectivity index (χ4n) is 0.864. The van der Waals surface area contributed by atoms with Crippen LogP contribution >= 0.6 is 0 Å². The van der Waals surface area contributed by atoms with Crippen molar-refractivity contribution in [2.75, 3.05) is 20.3 Å². The van der Waals surface area contributed by atoms with Crippen molar-refractivity contribution in [3.05, 3.63) is 0 Å². The third-order valence-electron chi connectivity index (χ3n) is 1.55. The summed E-state index contributed by atoms with van der Waals surface area (Å²) in [5.74, 6) is 0.308. The highest BCUT2D eigenvalue weighted by atomic mass is 16.5. The zero-order valence-corrected chi connectivity index (χ0v) is 6.13. The summed E-state index contributed by atoms with van der Waals surface area (Å²) in [5, 5.41) is 0. The lowest BCUT2D eigenvalue weighted by atomic mass is 9.94. The molecule has 1 rings (SSSR count). The van der Waals surface area contributed by atoms with Gasteiger partial charge in [0.15, 0.2) is 0 Å². The maximum Gasteiger partial charge on any atom is 0.138 e. The Bertz CT molecular complexity index is 114. The van der Waals surface area contributed by atoms with Gasteiger partial charge in [-0.3, -0.25) is 4.79 Å². The minimum atomic E-state index is 0.183. The Morgan fingerprint density at radius 3 is 2.70 bits per heavy atom. The van der Waals surface area contributed by atoms with Crippen LogP contribution in [-0.4, -0.2) is 32.2 Å². The molecule has 0 radical (unpaired) electrons. The van der Waals surface area contributed by atoms with Crippen molar-refractivity contribution in [3.8, 4) is 0 Å². The van der Waals surface area contributed by atoms with E-state index in [9.17, 15) is 4.79 Å². The number of carbonyl (C=O) groups excluding carboxylic acids is 1. The molecule has 0 aliphatic heterocycles. The summed E-state index contributed by atoms with van der Waals surface area (Å²) in [6, 6.07) is 0. The summed E-state index contributed by atoms with van der Waals surface area (Å²) in [4.78, 5) is 10.4. The molecule has 3 nitrogen and oxygen atoms in total. The fraction of sp³-hybridized carbons (Fsp3) is 0.857. The highest BCUT2D eigenvalue weighted by Crippen LogP contribution is 2.17. The van der Waals surface area contributed by atoms with E-state index >= 15 is 0 Å². The van der Waals surface area contributed by atoms with Gasteiger partial charge >= 0.3 is 0 Å². The molecule has 1 fully saturated rings. The number of methoxy groups -OCH3 is 1. The van der Waals surface area contributed by atoms with Crippen LogP contribution in [0.25, 0.3) is 0 Å². The second-order valence-electron chi connectivity index (χ2n) is 2.43. The molecule has 0 bridgehead atoms. The molecule has 1 aliphatic rings. The van der Waals surface area contributed by atoms with E-state index in [1.165, 1.54) is 0 Å². The lowest BCUT2D eigenvalue weighted by Crippen LogP contribution is -2.32. The maximum absolute atomic E-state index is 10.4. The number of rotatable bonds is 4. The summed E-state index contributed by atoms with van der Waals surface area (Å²) in [5.41, 5.74) is 0. The molecule has 58 valence electrons. The predicted molar refractivity (Wildman–Crippen MR) is 35.9 cm³/mol. The van der Waals surface area contributed by atoms with E-state index in [1.807, 2.05) is 0 Å². The van der Waals surface area contributed by atoms with E-state index in [0.717, 1.165) is 0 Å². The van der Waals surface area contributed by atoms with E-state index in [-0.39, 0.29) is 6.10 Å². The number of ketones is 1. The van der Waals surface area contributed by atoms with Crippen LogP contribution in [0.4, 0.5) is 0 Å². The first-order valence-electron chi connectivity index (χ1n) is 3.45. The molecule has 0 aromatic rings. The Labute approximate surface area is 60.3 Å². The molecular formula is C7H12O3. The summed E-state index contributed by atoms with van der Waals surface area (Å²) in [6.45, 7) is 1.22. The molecule has 0 amide bonds. The Balaban J connectivity index is 1.90. The van der Waals surface area contributed by atoms with Gasteiger partial charge in [-0.2, -0.15) is 0 Å². The molecule has 0 unspecified atom stereocenters. The fourth-order valence-corrected chi connectivity index (χ4v) is 0.864. The van der Waals surface area contributed by atoms with Crippen LogP contribution in [-0.2, 0) is 14.3 Å². The molecule has 0 heterocycles. The van der Waals surface area contributed by atoms with Gasteiger partial charge in [0.25, 0.3) is 0 Å². The van der Waals surface area contributed by atoms with Gasteiger partial charge in [0.2, 0.25) is 0 Å². The third-order valence-corrected chi connectivity index (χ3v) is 1.55. The Morgan fingerprint density at radius 1 is 1.50 bits per heavy atom. The van der Waals surface area contributed by atoms with Crippen molar-refractivity contribution in [1.29, 1.82) is 0 Å². The topological polar surface area (TPSA) is 35.5 Å². The number of hydrogen-bond donors (Lipinski definition) is 0. The molecule has 1 saturated carbocycles. The molecule has 1 aliphatic carbocycles. The lowest BCUT2D eigenvalue weighted by molar-refractivity contribution is -0.135. The first-order valence-corrected chi connectivity index (χ1v) is 3.45. The zero-order valence-electron chi connectivity index (χ0n) is 6.13. The highest BCUT2D eigenvalue weighted by Gasteiger charge is 2.26. The van der Waals surface area contributed by atoms with Gasteiger partial charge in [-0.25, -0.2) is 0 Å². The second-order valence-corrected chi connectivity index (χ2v) is 2.43. The lowest BCUT2D eigenvalue weighted by Gasteiger charge is -2.23. The molecular weight excluding hydrogens is 132 g/mol. The SMILES string of the molecule is COCCOC1CC(=O)C1. The Hall–Kier alpha value is -0.410. The molecule has 0 N–H and O–H groups in total. The molecule has 0 aromatic carbocycles. The van der Waals surface area contributed by atoms with Crippen molar-refractivity contribution in [1.82, 2.24) is 0 Å². The third kappa shape index (κ3) is 2.08. The second kappa shape index (κ2) is 3.68. The van der Waals surface area contributed by atoms with Crippen LogP contribution in [0.15, 0.2) is 0 Å². The van der Waals surface area contributed by atoms with Crippen LogP contribution in [0, 0.1) is 0 Å². The number of carbonyl (C=O) groups is 1. The van der Waals surface area contributed by atoms with Crippen molar-refractivity contribution in [2.24, 2.45) is 0 Å². The monoisotopic (exact) mass is 144 g/mol. The quantitative estimate of drug-likeness (QED) is 0.535. The van der Waals surface area contributed by atoms with Crippen LogP contribution in [0.5, 0.6) is 0 Å². The van der Waals surface area contributed by atoms with Gasteiger partial charge < -0.3 is 9.47 Å². The van der Waals surface area contributed by atoms with Gasteiger partial charge in [0.05, 0.1) is 19.3 Å². The predicted octanol–water partition coefficient (Wildman–Crippen LogP) is 0.381. The molecule has 0 atom stereocenters. The summed E-state index contributed by atoms with van der Waals surface area (Å²) in [6.07, 6.45) is 1.38.